The van der Waals surface area contributed by atoms with Crippen LogP contribution < -0.4 is 5.32 Å². The molecule has 1 unspecified atom stereocenters. The van der Waals surface area contributed by atoms with Crippen LogP contribution >= 0.6 is 0 Å². The summed E-state index contributed by atoms with van der Waals surface area (Å²) in [5.41, 5.74) is 0.437. The smallest absolute Gasteiger partial charge is 0.337 e. The van der Waals surface area contributed by atoms with Crippen LogP contribution in [0.3, 0.4) is 0 Å². The Balaban J connectivity index is 1.31. The van der Waals surface area contributed by atoms with Gasteiger partial charge in [-0.1, -0.05) is 35.5 Å². The molecule has 0 saturated carbocycles. The lowest BCUT2D eigenvalue weighted by atomic mass is 10.2. The minimum Gasteiger partial charge on any atom is -0.337 e. The highest BCUT2D eigenvalue weighted by molar-refractivity contribution is 5.89. The van der Waals surface area contributed by atoms with E-state index in [0.29, 0.717) is 43.6 Å². The Morgan fingerprint density at radius 2 is 1.69 bits per heavy atom. The summed E-state index contributed by atoms with van der Waals surface area (Å²) >= 11 is 0. The van der Waals surface area contributed by atoms with Crippen LogP contribution in [0.1, 0.15) is 24.4 Å². The number of amides is 2. The summed E-state index contributed by atoms with van der Waals surface area (Å²) in [6.07, 6.45) is -4.41. The number of halogens is 3. The molecule has 1 aliphatic rings. The van der Waals surface area contributed by atoms with E-state index in [9.17, 15) is 18.0 Å². The van der Waals surface area contributed by atoms with Crippen LogP contribution in [0.4, 0.5) is 23.7 Å². The van der Waals surface area contributed by atoms with Gasteiger partial charge in [0.15, 0.2) is 0 Å². The molecule has 0 radical (unpaired) electrons. The Kier molecular flexibility index (Phi) is 6.13. The first-order chi connectivity index (χ1) is 15.3. The van der Waals surface area contributed by atoms with Gasteiger partial charge in [0.25, 0.3) is 0 Å². The summed E-state index contributed by atoms with van der Waals surface area (Å²) < 4.78 is 43.5. The molecule has 0 aliphatic carbocycles. The Bertz CT molecular complexity index is 1050. The van der Waals surface area contributed by atoms with Crippen LogP contribution in [-0.2, 0) is 6.18 Å². The van der Waals surface area contributed by atoms with Gasteiger partial charge in [-0.15, -0.1) is 0 Å². The number of carbonyl (C=O) groups excluding carboxylic acids is 1. The molecule has 1 N–H and O–H groups in total. The predicted octanol–water partition coefficient (Wildman–Crippen LogP) is 4.67. The number of nitrogens with one attached hydrogen (secondary N) is 1. The van der Waals surface area contributed by atoms with Gasteiger partial charge in [-0.3, -0.25) is 4.90 Å². The Labute approximate surface area is 182 Å². The lowest BCUT2D eigenvalue weighted by Gasteiger charge is -2.36. The number of urea groups is 1. The molecule has 1 aromatic heterocycles. The number of aromatic nitrogens is 2. The van der Waals surface area contributed by atoms with Crippen molar-refractivity contribution in [2.75, 3.05) is 31.5 Å². The molecule has 2 amide bonds. The average molecular weight is 445 g/mol. The van der Waals surface area contributed by atoms with Crippen LogP contribution in [0, 0.1) is 0 Å². The van der Waals surface area contributed by atoms with Gasteiger partial charge >= 0.3 is 12.2 Å². The molecule has 2 aromatic carbocycles. The fourth-order valence-electron chi connectivity index (χ4n) is 3.52. The molecule has 3 aromatic rings. The van der Waals surface area contributed by atoms with E-state index >= 15 is 0 Å². The van der Waals surface area contributed by atoms with Crippen LogP contribution in [-0.4, -0.2) is 52.2 Å². The standard InChI is InChI=1S/C22H22F3N5O2/c1-15(20-27-19(28-32-20)16-5-3-2-4-6-16)29-11-13-30(14-12-29)21(31)26-18-9-7-17(8-10-18)22(23,24)25/h2-10,15H,11-14H2,1H3,(H,26,31). The zero-order valence-electron chi connectivity index (χ0n) is 17.3. The summed E-state index contributed by atoms with van der Waals surface area (Å²) in [5, 5.41) is 6.70. The highest BCUT2D eigenvalue weighted by atomic mass is 19.4. The molecule has 4 rings (SSSR count). The minimum absolute atomic E-state index is 0.111. The van der Waals surface area contributed by atoms with Crippen LogP contribution in [0.5, 0.6) is 0 Å². The van der Waals surface area contributed by atoms with Crippen LogP contribution in [0.15, 0.2) is 59.1 Å². The summed E-state index contributed by atoms with van der Waals surface area (Å²) in [6, 6.07) is 13.5. The van der Waals surface area contributed by atoms with Crippen molar-refractivity contribution in [1.29, 1.82) is 0 Å². The van der Waals surface area contributed by atoms with E-state index in [1.807, 2.05) is 37.3 Å². The molecule has 1 atom stereocenters. The van der Waals surface area contributed by atoms with Crippen LogP contribution in [0.25, 0.3) is 11.4 Å². The van der Waals surface area contributed by atoms with Gasteiger partial charge in [0.1, 0.15) is 0 Å². The van der Waals surface area contributed by atoms with Crippen molar-refractivity contribution >= 4 is 11.7 Å². The Morgan fingerprint density at radius 1 is 1.03 bits per heavy atom. The van der Waals surface area contributed by atoms with Crippen molar-refractivity contribution in [2.45, 2.75) is 19.1 Å². The molecular formula is C22H22F3N5O2. The second kappa shape index (κ2) is 8.99. The van der Waals surface area contributed by atoms with Gasteiger partial charge < -0.3 is 14.7 Å². The van der Waals surface area contributed by atoms with Gasteiger partial charge in [0.2, 0.25) is 11.7 Å². The molecule has 1 aliphatic heterocycles. The summed E-state index contributed by atoms with van der Waals surface area (Å²) in [4.78, 5) is 20.8. The lowest BCUT2D eigenvalue weighted by molar-refractivity contribution is -0.137. The Morgan fingerprint density at radius 3 is 2.31 bits per heavy atom. The number of carbonyl (C=O) groups is 1. The van der Waals surface area contributed by atoms with Crippen molar-refractivity contribution in [3.8, 4) is 11.4 Å². The number of anilines is 1. The summed E-state index contributed by atoms with van der Waals surface area (Å²) in [5.74, 6) is 1.04. The van der Waals surface area contributed by atoms with Crippen molar-refractivity contribution in [3.05, 3.63) is 66.1 Å². The highest BCUT2D eigenvalue weighted by Gasteiger charge is 2.30. The summed E-state index contributed by atoms with van der Waals surface area (Å²) in [6.45, 7) is 4.11. The van der Waals surface area contributed by atoms with Crippen molar-refractivity contribution < 1.29 is 22.5 Å². The number of rotatable bonds is 4. The third kappa shape index (κ3) is 4.91. The van der Waals surface area contributed by atoms with Gasteiger partial charge in [0, 0.05) is 37.4 Å². The van der Waals surface area contributed by atoms with E-state index < -0.39 is 11.7 Å². The number of benzene rings is 2. The second-order valence-electron chi connectivity index (χ2n) is 7.53. The minimum atomic E-state index is -4.41. The van der Waals surface area contributed by atoms with E-state index in [1.165, 1.54) is 12.1 Å². The largest absolute Gasteiger partial charge is 0.416 e. The average Bonchev–Trinajstić information content (AvgIpc) is 3.29. The first-order valence-electron chi connectivity index (χ1n) is 10.2. The number of hydrogen-bond acceptors (Lipinski definition) is 5. The van der Waals surface area contributed by atoms with Crippen LogP contribution in [0.2, 0.25) is 0 Å². The summed E-state index contributed by atoms with van der Waals surface area (Å²) in [7, 11) is 0. The predicted molar refractivity (Wildman–Crippen MR) is 112 cm³/mol. The molecule has 168 valence electrons. The monoisotopic (exact) mass is 445 g/mol. The normalized spacial score (nSPS) is 16.1. The number of nitrogens with zero attached hydrogens (tertiary/aromatic N) is 4. The number of piperazine rings is 1. The van der Waals surface area contributed by atoms with Gasteiger partial charge in [0.05, 0.1) is 11.6 Å². The molecular weight excluding hydrogens is 423 g/mol. The first-order valence-corrected chi connectivity index (χ1v) is 10.2. The van der Waals surface area contributed by atoms with E-state index in [-0.39, 0.29) is 12.1 Å². The lowest BCUT2D eigenvalue weighted by Crippen LogP contribution is -2.50. The molecule has 0 spiro atoms. The fraction of sp³-hybridized carbons (Fsp3) is 0.318. The van der Waals surface area contributed by atoms with Gasteiger partial charge in [-0.25, -0.2) is 4.79 Å². The molecule has 2 heterocycles. The van der Waals surface area contributed by atoms with Crippen molar-refractivity contribution in [1.82, 2.24) is 19.9 Å². The molecule has 10 heteroatoms. The highest BCUT2D eigenvalue weighted by Crippen LogP contribution is 2.30. The van der Waals surface area contributed by atoms with E-state index in [4.69, 9.17) is 4.52 Å². The fourth-order valence-corrected chi connectivity index (χ4v) is 3.52. The molecule has 1 fully saturated rings. The third-order valence-corrected chi connectivity index (χ3v) is 5.44. The van der Waals surface area contributed by atoms with E-state index in [0.717, 1.165) is 17.7 Å². The quantitative estimate of drug-likeness (QED) is 0.632. The maximum Gasteiger partial charge on any atom is 0.416 e. The molecule has 32 heavy (non-hydrogen) atoms. The first kappa shape index (κ1) is 21.8. The van der Waals surface area contributed by atoms with Gasteiger partial charge in [-0.2, -0.15) is 18.2 Å². The van der Waals surface area contributed by atoms with Crippen molar-refractivity contribution in [3.63, 3.8) is 0 Å². The Hall–Kier alpha value is -3.40. The molecule has 0 bridgehead atoms. The third-order valence-electron chi connectivity index (χ3n) is 5.44. The zero-order valence-corrected chi connectivity index (χ0v) is 17.3. The second-order valence-corrected chi connectivity index (χ2v) is 7.53. The topological polar surface area (TPSA) is 74.5 Å². The number of hydrogen-bond donors (Lipinski definition) is 1. The van der Waals surface area contributed by atoms with Crippen molar-refractivity contribution in [2.24, 2.45) is 0 Å². The number of alkyl halides is 3. The van der Waals surface area contributed by atoms with Gasteiger partial charge in [-0.05, 0) is 31.2 Å². The molecule has 7 nitrogen and oxygen atoms in total. The van der Waals surface area contributed by atoms with E-state index in [1.54, 1.807) is 4.90 Å². The SMILES string of the molecule is CC(c1nc(-c2ccccc2)no1)N1CCN(C(=O)Nc2ccc(C(F)(F)F)cc2)CC1. The maximum atomic E-state index is 12.7. The van der Waals surface area contributed by atoms with E-state index in [2.05, 4.69) is 20.4 Å². The molecule has 1 saturated heterocycles. The zero-order chi connectivity index (χ0) is 22.7. The maximum absolute atomic E-state index is 12.7.